The number of anilines is 3. The van der Waals surface area contributed by atoms with Crippen LogP contribution in [0.4, 0.5) is 17.5 Å². The summed E-state index contributed by atoms with van der Waals surface area (Å²) in [7, 11) is -3.24. The van der Waals surface area contributed by atoms with Crippen LogP contribution in [0.5, 0.6) is 0 Å². The fourth-order valence-corrected chi connectivity index (χ4v) is 2.57. The molecule has 0 amide bonds. The SMILES string of the molecule is Cc1nnc(-c2cnc(Nc3ccc(S(C)(=O)=O)cc3)nc2N)o1. The Bertz CT molecular complexity index is 982. The first-order valence-corrected chi connectivity index (χ1v) is 8.72. The van der Waals surface area contributed by atoms with Gasteiger partial charge in [0.05, 0.1) is 10.5 Å². The quantitative estimate of drug-likeness (QED) is 0.720. The molecule has 0 radical (unpaired) electrons. The molecule has 124 valence electrons. The number of aryl methyl sites for hydroxylation is 1. The van der Waals surface area contributed by atoms with Gasteiger partial charge in [0, 0.05) is 25.1 Å². The number of aromatic nitrogens is 4. The van der Waals surface area contributed by atoms with Gasteiger partial charge in [0.2, 0.25) is 11.8 Å². The van der Waals surface area contributed by atoms with Gasteiger partial charge in [0.15, 0.2) is 9.84 Å². The fourth-order valence-electron chi connectivity index (χ4n) is 1.94. The Morgan fingerprint density at radius 2 is 1.88 bits per heavy atom. The van der Waals surface area contributed by atoms with E-state index in [0.29, 0.717) is 17.1 Å². The summed E-state index contributed by atoms with van der Waals surface area (Å²) >= 11 is 0. The Morgan fingerprint density at radius 3 is 2.42 bits per heavy atom. The molecule has 0 fully saturated rings. The van der Waals surface area contributed by atoms with Crippen LogP contribution in [0.25, 0.3) is 11.5 Å². The average molecular weight is 346 g/mol. The van der Waals surface area contributed by atoms with Crippen molar-refractivity contribution in [3.63, 3.8) is 0 Å². The summed E-state index contributed by atoms with van der Waals surface area (Å²) in [6.45, 7) is 1.67. The molecule has 0 unspecified atom stereocenters. The molecule has 0 atom stereocenters. The molecule has 0 aliphatic heterocycles. The van der Waals surface area contributed by atoms with Crippen molar-refractivity contribution in [2.45, 2.75) is 11.8 Å². The van der Waals surface area contributed by atoms with Gasteiger partial charge in [0.25, 0.3) is 5.89 Å². The topological polar surface area (TPSA) is 137 Å². The first-order chi connectivity index (χ1) is 11.3. The number of hydrogen-bond donors (Lipinski definition) is 2. The number of nitrogens with one attached hydrogen (secondary N) is 1. The van der Waals surface area contributed by atoms with E-state index < -0.39 is 9.84 Å². The molecule has 10 heteroatoms. The van der Waals surface area contributed by atoms with Gasteiger partial charge in [-0.2, -0.15) is 4.98 Å². The number of nitrogen functional groups attached to an aromatic ring is 1. The zero-order chi connectivity index (χ0) is 17.3. The minimum atomic E-state index is -3.24. The van der Waals surface area contributed by atoms with Crippen LogP contribution in [0.1, 0.15) is 5.89 Å². The van der Waals surface area contributed by atoms with Crippen LogP contribution in [0.2, 0.25) is 0 Å². The van der Waals surface area contributed by atoms with Crippen LogP contribution < -0.4 is 11.1 Å². The Morgan fingerprint density at radius 1 is 1.17 bits per heavy atom. The zero-order valence-corrected chi connectivity index (χ0v) is 13.7. The van der Waals surface area contributed by atoms with Crippen LogP contribution in [0.3, 0.4) is 0 Å². The molecule has 0 saturated heterocycles. The van der Waals surface area contributed by atoms with Gasteiger partial charge in [-0.15, -0.1) is 10.2 Å². The molecule has 24 heavy (non-hydrogen) atoms. The second-order valence-electron chi connectivity index (χ2n) is 5.04. The summed E-state index contributed by atoms with van der Waals surface area (Å²) in [5.74, 6) is 1.11. The summed E-state index contributed by atoms with van der Waals surface area (Å²) in [6.07, 6.45) is 2.62. The Balaban J connectivity index is 1.82. The molecule has 0 saturated carbocycles. The molecule has 0 spiro atoms. The number of nitrogens with two attached hydrogens (primary N) is 1. The molecule has 2 aromatic heterocycles. The van der Waals surface area contributed by atoms with Crippen molar-refractivity contribution in [1.29, 1.82) is 0 Å². The number of benzene rings is 1. The first kappa shape index (κ1) is 15.9. The lowest BCUT2D eigenvalue weighted by atomic mass is 10.3. The molecule has 3 rings (SSSR count). The number of sulfone groups is 1. The van der Waals surface area contributed by atoms with Crippen molar-refractivity contribution in [2.24, 2.45) is 0 Å². The third-order valence-electron chi connectivity index (χ3n) is 3.11. The Labute approximate surface area is 137 Å². The van der Waals surface area contributed by atoms with Gasteiger partial charge in [-0.05, 0) is 24.3 Å². The molecule has 3 N–H and O–H groups in total. The predicted octanol–water partition coefficient (Wildman–Crippen LogP) is 1.56. The molecule has 9 nitrogen and oxygen atoms in total. The van der Waals surface area contributed by atoms with Crippen LogP contribution in [0, 0.1) is 6.92 Å². The van der Waals surface area contributed by atoms with Gasteiger partial charge in [-0.3, -0.25) is 0 Å². The standard InChI is InChI=1S/C14H14N6O3S/c1-8-19-20-13(23-8)11-7-16-14(18-12(11)15)17-9-3-5-10(6-4-9)24(2,21)22/h3-7H,1-2H3,(H3,15,16,17,18). The average Bonchev–Trinajstić information content (AvgIpc) is 2.93. The van der Waals surface area contributed by atoms with Crippen LogP contribution in [0.15, 0.2) is 39.8 Å². The zero-order valence-electron chi connectivity index (χ0n) is 12.9. The highest BCUT2D eigenvalue weighted by Crippen LogP contribution is 2.24. The van der Waals surface area contributed by atoms with Crippen LogP contribution in [-0.2, 0) is 9.84 Å². The van der Waals surface area contributed by atoms with Gasteiger partial charge in [-0.1, -0.05) is 0 Å². The van der Waals surface area contributed by atoms with E-state index in [1.165, 1.54) is 18.3 Å². The summed E-state index contributed by atoms with van der Waals surface area (Å²) in [6, 6.07) is 6.23. The number of nitrogens with zero attached hydrogens (tertiary/aromatic N) is 4. The van der Waals surface area contributed by atoms with Crippen molar-refractivity contribution >= 4 is 27.3 Å². The normalized spacial score (nSPS) is 11.4. The number of hydrogen-bond acceptors (Lipinski definition) is 9. The van der Waals surface area contributed by atoms with Gasteiger partial charge < -0.3 is 15.5 Å². The number of rotatable bonds is 4. The minimum Gasteiger partial charge on any atom is -0.421 e. The molecular formula is C14H14N6O3S. The predicted molar refractivity (Wildman–Crippen MR) is 87.3 cm³/mol. The van der Waals surface area contributed by atoms with E-state index in [-0.39, 0.29) is 22.6 Å². The molecule has 3 aromatic rings. The Kier molecular flexibility index (Phi) is 3.89. The van der Waals surface area contributed by atoms with E-state index in [1.54, 1.807) is 19.1 Å². The van der Waals surface area contributed by atoms with Gasteiger partial charge in [0.1, 0.15) is 5.82 Å². The highest BCUT2D eigenvalue weighted by molar-refractivity contribution is 7.90. The van der Waals surface area contributed by atoms with E-state index in [4.69, 9.17) is 10.2 Å². The third-order valence-corrected chi connectivity index (χ3v) is 4.24. The highest BCUT2D eigenvalue weighted by Gasteiger charge is 2.13. The fraction of sp³-hybridized carbons (Fsp3) is 0.143. The van der Waals surface area contributed by atoms with Crippen molar-refractivity contribution in [1.82, 2.24) is 20.2 Å². The summed E-state index contributed by atoms with van der Waals surface area (Å²) in [4.78, 5) is 8.51. The van der Waals surface area contributed by atoms with E-state index in [9.17, 15) is 8.42 Å². The maximum absolute atomic E-state index is 11.4. The van der Waals surface area contributed by atoms with Crippen LogP contribution >= 0.6 is 0 Å². The monoisotopic (exact) mass is 346 g/mol. The molecule has 0 aliphatic rings. The van der Waals surface area contributed by atoms with Crippen molar-refractivity contribution in [3.05, 3.63) is 36.4 Å². The first-order valence-electron chi connectivity index (χ1n) is 6.83. The van der Waals surface area contributed by atoms with E-state index in [0.717, 1.165) is 6.26 Å². The van der Waals surface area contributed by atoms with E-state index in [1.807, 2.05) is 0 Å². The van der Waals surface area contributed by atoms with E-state index >= 15 is 0 Å². The molecule has 0 aliphatic carbocycles. The second-order valence-corrected chi connectivity index (χ2v) is 7.06. The van der Waals surface area contributed by atoms with Crippen molar-refractivity contribution < 1.29 is 12.8 Å². The summed E-state index contributed by atoms with van der Waals surface area (Å²) in [5.41, 5.74) is 6.97. The van der Waals surface area contributed by atoms with Gasteiger partial charge >= 0.3 is 0 Å². The molecule has 0 bridgehead atoms. The summed E-state index contributed by atoms with van der Waals surface area (Å²) in [5, 5.41) is 10.5. The van der Waals surface area contributed by atoms with Crippen molar-refractivity contribution in [2.75, 3.05) is 17.3 Å². The lowest BCUT2D eigenvalue weighted by Gasteiger charge is -2.07. The highest BCUT2D eigenvalue weighted by atomic mass is 32.2. The third kappa shape index (κ3) is 3.33. The lowest BCUT2D eigenvalue weighted by Crippen LogP contribution is -2.02. The summed E-state index contributed by atoms with van der Waals surface area (Å²) < 4.78 is 28.2. The second kappa shape index (κ2) is 5.89. The smallest absolute Gasteiger partial charge is 0.253 e. The largest absolute Gasteiger partial charge is 0.421 e. The maximum Gasteiger partial charge on any atom is 0.253 e. The lowest BCUT2D eigenvalue weighted by molar-refractivity contribution is 0.532. The molecule has 2 heterocycles. The Hall–Kier alpha value is -3.01. The molecular weight excluding hydrogens is 332 g/mol. The molecule has 1 aromatic carbocycles. The van der Waals surface area contributed by atoms with Crippen LogP contribution in [-0.4, -0.2) is 34.8 Å². The minimum absolute atomic E-state index is 0.184. The van der Waals surface area contributed by atoms with Gasteiger partial charge in [-0.25, -0.2) is 13.4 Å². The van der Waals surface area contributed by atoms with E-state index in [2.05, 4.69) is 25.5 Å². The maximum atomic E-state index is 11.4. The van der Waals surface area contributed by atoms with Crippen molar-refractivity contribution in [3.8, 4) is 11.5 Å².